The first-order chi connectivity index (χ1) is 11.4. The number of hydrogen-bond acceptors (Lipinski definition) is 5. The van der Waals surface area contributed by atoms with E-state index in [1.807, 2.05) is 42.5 Å². The molecule has 0 aliphatic rings. The summed E-state index contributed by atoms with van der Waals surface area (Å²) in [7, 11) is 0. The van der Waals surface area contributed by atoms with Crippen molar-refractivity contribution in [3.05, 3.63) is 66.9 Å². The van der Waals surface area contributed by atoms with Gasteiger partial charge >= 0.3 is 0 Å². The van der Waals surface area contributed by atoms with Crippen LogP contribution in [0.25, 0.3) is 22.4 Å². The van der Waals surface area contributed by atoms with Crippen LogP contribution in [0.15, 0.2) is 70.9 Å². The van der Waals surface area contributed by atoms with Crippen LogP contribution >= 0.6 is 0 Å². The maximum Gasteiger partial charge on any atom is 0.181 e. The molecule has 0 aliphatic carbocycles. The number of hydrazone groups is 1. The maximum atomic E-state index is 5.26. The molecule has 23 heavy (non-hydrogen) atoms. The second kappa shape index (κ2) is 5.76. The highest BCUT2D eigenvalue weighted by atomic mass is 16.3. The number of imidazole rings is 1. The second-order valence-electron chi connectivity index (χ2n) is 4.99. The molecule has 0 bridgehead atoms. The standard InChI is InChI=1S/C17H13N5O/c1-6-15-16(20-10-19-15)7-12(1)8-21-22-14-4-2-13(3-5-14)17-9-18-11-23-17/h1-11,22H,(H,19,20). The SMILES string of the molecule is C(=NNc1ccc(-c2cnco2)cc1)c1ccc2[nH]cnc2c1. The summed E-state index contributed by atoms with van der Waals surface area (Å²) >= 11 is 0. The number of oxazole rings is 1. The van der Waals surface area contributed by atoms with Crippen LogP contribution in [0.2, 0.25) is 0 Å². The molecule has 0 radical (unpaired) electrons. The maximum absolute atomic E-state index is 5.26. The van der Waals surface area contributed by atoms with Crippen LogP contribution in [-0.4, -0.2) is 21.2 Å². The van der Waals surface area contributed by atoms with Crippen molar-refractivity contribution < 1.29 is 4.42 Å². The van der Waals surface area contributed by atoms with E-state index in [0.717, 1.165) is 33.6 Å². The molecule has 0 saturated heterocycles. The minimum absolute atomic E-state index is 0.743. The zero-order chi connectivity index (χ0) is 15.5. The Hall–Kier alpha value is -3.41. The molecular weight excluding hydrogens is 290 g/mol. The molecule has 4 rings (SSSR count). The zero-order valence-electron chi connectivity index (χ0n) is 12.1. The van der Waals surface area contributed by atoms with E-state index in [1.165, 1.54) is 6.39 Å². The molecule has 4 aromatic rings. The van der Waals surface area contributed by atoms with Gasteiger partial charge in [0.1, 0.15) is 0 Å². The molecule has 0 unspecified atom stereocenters. The predicted molar refractivity (Wildman–Crippen MR) is 89.2 cm³/mol. The number of rotatable bonds is 4. The first-order valence-electron chi connectivity index (χ1n) is 7.10. The number of aromatic nitrogens is 3. The average molecular weight is 303 g/mol. The molecule has 0 saturated carbocycles. The first-order valence-corrected chi connectivity index (χ1v) is 7.10. The Morgan fingerprint density at radius 3 is 2.87 bits per heavy atom. The number of benzene rings is 2. The van der Waals surface area contributed by atoms with Gasteiger partial charge in [0.05, 0.1) is 35.5 Å². The van der Waals surface area contributed by atoms with Crippen LogP contribution in [0.5, 0.6) is 0 Å². The third kappa shape index (κ3) is 2.82. The summed E-state index contributed by atoms with van der Waals surface area (Å²) in [5.74, 6) is 0.743. The van der Waals surface area contributed by atoms with Crippen LogP contribution in [0, 0.1) is 0 Å². The molecule has 0 amide bonds. The van der Waals surface area contributed by atoms with Crippen LogP contribution < -0.4 is 5.43 Å². The number of aromatic amines is 1. The van der Waals surface area contributed by atoms with E-state index in [2.05, 4.69) is 25.5 Å². The van der Waals surface area contributed by atoms with E-state index in [4.69, 9.17) is 4.42 Å². The molecule has 6 heteroatoms. The Morgan fingerprint density at radius 1 is 1.13 bits per heavy atom. The van der Waals surface area contributed by atoms with Gasteiger partial charge in [0.2, 0.25) is 0 Å². The van der Waals surface area contributed by atoms with Gasteiger partial charge in [0.25, 0.3) is 0 Å². The highest BCUT2D eigenvalue weighted by molar-refractivity contribution is 5.87. The second-order valence-corrected chi connectivity index (χ2v) is 4.99. The number of anilines is 1. The van der Waals surface area contributed by atoms with Crippen molar-refractivity contribution in [1.82, 2.24) is 15.0 Å². The van der Waals surface area contributed by atoms with Gasteiger partial charge in [-0.1, -0.05) is 6.07 Å². The third-order valence-corrected chi connectivity index (χ3v) is 3.45. The van der Waals surface area contributed by atoms with Crippen LogP contribution in [0.1, 0.15) is 5.56 Å². The molecule has 0 aliphatic heterocycles. The van der Waals surface area contributed by atoms with Gasteiger partial charge in [-0.15, -0.1) is 0 Å². The number of hydrogen-bond donors (Lipinski definition) is 2. The molecule has 2 aromatic carbocycles. The monoisotopic (exact) mass is 303 g/mol. The number of nitrogens with one attached hydrogen (secondary N) is 2. The molecule has 2 aromatic heterocycles. The predicted octanol–water partition coefficient (Wildman–Crippen LogP) is 3.66. The summed E-state index contributed by atoms with van der Waals surface area (Å²) in [6.45, 7) is 0. The fourth-order valence-corrected chi connectivity index (χ4v) is 2.28. The minimum atomic E-state index is 0.743. The van der Waals surface area contributed by atoms with Crippen LogP contribution in [-0.2, 0) is 0 Å². The quantitative estimate of drug-likeness (QED) is 0.445. The van der Waals surface area contributed by atoms with Crippen LogP contribution in [0.3, 0.4) is 0 Å². The summed E-state index contributed by atoms with van der Waals surface area (Å²) in [5.41, 5.74) is 7.79. The Balaban J connectivity index is 1.45. The van der Waals surface area contributed by atoms with Gasteiger partial charge in [-0.2, -0.15) is 5.10 Å². The highest BCUT2D eigenvalue weighted by Gasteiger charge is 2.00. The molecule has 2 N–H and O–H groups in total. The lowest BCUT2D eigenvalue weighted by Crippen LogP contribution is -1.90. The Bertz CT molecular complexity index is 939. The first kappa shape index (κ1) is 13.3. The van der Waals surface area contributed by atoms with E-state index < -0.39 is 0 Å². The summed E-state index contributed by atoms with van der Waals surface area (Å²) in [5, 5.41) is 4.25. The van der Waals surface area contributed by atoms with E-state index in [9.17, 15) is 0 Å². The largest absolute Gasteiger partial charge is 0.444 e. The smallest absolute Gasteiger partial charge is 0.181 e. The lowest BCUT2D eigenvalue weighted by Gasteiger charge is -2.01. The van der Waals surface area contributed by atoms with Crippen molar-refractivity contribution in [3.8, 4) is 11.3 Å². The lowest BCUT2D eigenvalue weighted by atomic mass is 10.2. The molecule has 2 heterocycles. The molecule has 0 atom stereocenters. The zero-order valence-corrected chi connectivity index (χ0v) is 12.1. The van der Waals surface area contributed by atoms with Crippen molar-refractivity contribution in [1.29, 1.82) is 0 Å². The topological polar surface area (TPSA) is 79.1 Å². The van der Waals surface area contributed by atoms with E-state index in [0.29, 0.717) is 0 Å². The summed E-state index contributed by atoms with van der Waals surface area (Å²) in [4.78, 5) is 11.2. The van der Waals surface area contributed by atoms with Crippen molar-refractivity contribution in [2.24, 2.45) is 5.10 Å². The number of H-pyrrole nitrogens is 1. The normalized spacial score (nSPS) is 11.3. The number of fused-ring (bicyclic) bond motifs is 1. The van der Waals surface area contributed by atoms with Crippen molar-refractivity contribution in [2.75, 3.05) is 5.43 Å². The van der Waals surface area contributed by atoms with Gasteiger partial charge in [0, 0.05) is 5.56 Å². The molecule has 0 spiro atoms. The number of nitrogens with zero attached hydrogens (tertiary/aromatic N) is 3. The third-order valence-electron chi connectivity index (χ3n) is 3.45. The molecule has 6 nitrogen and oxygen atoms in total. The van der Waals surface area contributed by atoms with Gasteiger partial charge in [-0.05, 0) is 42.0 Å². The summed E-state index contributed by atoms with van der Waals surface area (Å²) in [6.07, 6.45) is 6.55. The van der Waals surface area contributed by atoms with Gasteiger partial charge in [-0.3, -0.25) is 5.43 Å². The van der Waals surface area contributed by atoms with Gasteiger partial charge in [-0.25, -0.2) is 9.97 Å². The van der Waals surface area contributed by atoms with E-state index in [-0.39, 0.29) is 0 Å². The lowest BCUT2D eigenvalue weighted by molar-refractivity contribution is 0.572. The minimum Gasteiger partial charge on any atom is -0.444 e. The van der Waals surface area contributed by atoms with Gasteiger partial charge < -0.3 is 9.40 Å². The molecule has 0 fully saturated rings. The molecular formula is C17H13N5O. The fourth-order valence-electron chi connectivity index (χ4n) is 2.28. The highest BCUT2D eigenvalue weighted by Crippen LogP contribution is 2.20. The average Bonchev–Trinajstić information content (AvgIpc) is 3.27. The Kier molecular flexibility index (Phi) is 3.32. The van der Waals surface area contributed by atoms with Crippen molar-refractivity contribution in [2.45, 2.75) is 0 Å². The Labute approximate surface area is 131 Å². The summed E-state index contributed by atoms with van der Waals surface area (Å²) < 4.78 is 5.26. The summed E-state index contributed by atoms with van der Waals surface area (Å²) in [6, 6.07) is 13.7. The van der Waals surface area contributed by atoms with Crippen molar-refractivity contribution in [3.63, 3.8) is 0 Å². The van der Waals surface area contributed by atoms with Crippen LogP contribution in [0.4, 0.5) is 5.69 Å². The van der Waals surface area contributed by atoms with E-state index >= 15 is 0 Å². The van der Waals surface area contributed by atoms with Crippen molar-refractivity contribution >= 4 is 22.9 Å². The Morgan fingerprint density at radius 2 is 2.04 bits per heavy atom. The molecule has 112 valence electrons. The fraction of sp³-hybridized carbons (Fsp3) is 0. The van der Waals surface area contributed by atoms with E-state index in [1.54, 1.807) is 18.7 Å². The van der Waals surface area contributed by atoms with Gasteiger partial charge in [0.15, 0.2) is 12.2 Å².